The van der Waals surface area contributed by atoms with Crippen LogP contribution in [0.25, 0.3) is 11.3 Å². The van der Waals surface area contributed by atoms with E-state index in [1.165, 1.54) is 11.1 Å². The first kappa shape index (κ1) is 21.1. The number of carbonyl (C=O) groups is 1. The van der Waals surface area contributed by atoms with Crippen LogP contribution in [-0.4, -0.2) is 53.8 Å². The van der Waals surface area contributed by atoms with Gasteiger partial charge in [-0.1, -0.05) is 35.4 Å². The zero-order valence-corrected chi connectivity index (χ0v) is 18.5. The van der Waals surface area contributed by atoms with E-state index in [0.29, 0.717) is 37.0 Å². The predicted octanol–water partition coefficient (Wildman–Crippen LogP) is 4.14. The van der Waals surface area contributed by atoms with E-state index in [-0.39, 0.29) is 12.5 Å². The predicted molar refractivity (Wildman–Crippen MR) is 123 cm³/mol. The topological polar surface area (TPSA) is 58.6 Å². The number of benzene rings is 2. The zero-order chi connectivity index (χ0) is 21.8. The van der Waals surface area contributed by atoms with E-state index in [2.05, 4.69) is 47.1 Å². The van der Waals surface area contributed by atoms with Gasteiger partial charge in [0.25, 0.3) is 5.91 Å². The molecular weight excluding hydrogens is 412 g/mol. The molecule has 160 valence electrons. The highest BCUT2D eigenvalue weighted by Crippen LogP contribution is 2.23. The fraction of sp³-hybridized carbons (Fsp3) is 0.292. The van der Waals surface area contributed by atoms with Crippen molar-refractivity contribution in [2.24, 2.45) is 0 Å². The summed E-state index contributed by atoms with van der Waals surface area (Å²) in [5, 5.41) is 9.51. The summed E-state index contributed by atoms with van der Waals surface area (Å²) in [5.74, 6) is 1.44. The third-order valence-corrected chi connectivity index (χ3v) is 5.69. The van der Waals surface area contributed by atoms with Crippen molar-refractivity contribution < 1.29 is 9.53 Å². The summed E-state index contributed by atoms with van der Waals surface area (Å²) in [5.41, 5.74) is 4.39. The number of ether oxygens (including phenoxy) is 1. The van der Waals surface area contributed by atoms with Crippen molar-refractivity contribution in [3.05, 3.63) is 70.7 Å². The van der Waals surface area contributed by atoms with Crippen LogP contribution in [0, 0.1) is 13.8 Å². The standard InChI is InChI=1S/C24H25ClN4O2/c1-17-3-8-21(18(2)15-17)22-9-10-23(27-26-22)28-11-13-29(14-12-28)24(30)16-31-20-6-4-19(25)5-7-20/h3-10,15H,11-14,16H2,1-2H3. The first-order chi connectivity index (χ1) is 15.0. The van der Waals surface area contributed by atoms with Crippen LogP contribution in [0.15, 0.2) is 54.6 Å². The lowest BCUT2D eigenvalue weighted by Crippen LogP contribution is -2.50. The Bertz CT molecular complexity index is 1050. The van der Waals surface area contributed by atoms with Crippen molar-refractivity contribution in [3.63, 3.8) is 0 Å². The van der Waals surface area contributed by atoms with Gasteiger partial charge in [0.1, 0.15) is 5.75 Å². The van der Waals surface area contributed by atoms with Gasteiger partial charge in [0, 0.05) is 36.8 Å². The molecule has 1 aliphatic rings. The smallest absolute Gasteiger partial charge is 0.260 e. The number of hydrogen-bond acceptors (Lipinski definition) is 5. The Kier molecular flexibility index (Phi) is 6.37. The summed E-state index contributed by atoms with van der Waals surface area (Å²) in [6.07, 6.45) is 0. The van der Waals surface area contributed by atoms with Crippen LogP contribution in [0.1, 0.15) is 11.1 Å². The molecule has 2 heterocycles. The molecule has 3 aromatic rings. The van der Waals surface area contributed by atoms with E-state index in [0.717, 1.165) is 17.1 Å². The molecule has 0 bridgehead atoms. The van der Waals surface area contributed by atoms with Gasteiger partial charge in [-0.25, -0.2) is 0 Å². The molecule has 0 N–H and O–H groups in total. The number of nitrogens with zero attached hydrogens (tertiary/aromatic N) is 4. The van der Waals surface area contributed by atoms with Crippen LogP contribution in [0.3, 0.4) is 0 Å². The van der Waals surface area contributed by atoms with E-state index >= 15 is 0 Å². The molecule has 1 aromatic heterocycles. The summed E-state index contributed by atoms with van der Waals surface area (Å²) in [4.78, 5) is 16.4. The van der Waals surface area contributed by atoms with Crippen molar-refractivity contribution in [1.82, 2.24) is 15.1 Å². The number of halogens is 1. The third kappa shape index (κ3) is 5.14. The number of anilines is 1. The summed E-state index contributed by atoms with van der Waals surface area (Å²) >= 11 is 5.87. The average molecular weight is 437 g/mol. The van der Waals surface area contributed by atoms with Crippen LogP contribution in [-0.2, 0) is 4.79 Å². The van der Waals surface area contributed by atoms with Gasteiger partial charge in [-0.3, -0.25) is 4.79 Å². The number of carbonyl (C=O) groups excluding carboxylic acids is 1. The highest BCUT2D eigenvalue weighted by atomic mass is 35.5. The fourth-order valence-electron chi connectivity index (χ4n) is 3.69. The average Bonchev–Trinajstić information content (AvgIpc) is 2.79. The molecule has 1 fully saturated rings. The van der Waals surface area contributed by atoms with E-state index in [9.17, 15) is 4.79 Å². The van der Waals surface area contributed by atoms with Gasteiger partial charge in [0.15, 0.2) is 12.4 Å². The van der Waals surface area contributed by atoms with Crippen molar-refractivity contribution >= 4 is 23.3 Å². The lowest BCUT2D eigenvalue weighted by Gasteiger charge is -2.35. The first-order valence-electron chi connectivity index (χ1n) is 10.3. The Balaban J connectivity index is 1.31. The summed E-state index contributed by atoms with van der Waals surface area (Å²) in [6.45, 7) is 6.87. The largest absolute Gasteiger partial charge is 0.484 e. The van der Waals surface area contributed by atoms with Crippen molar-refractivity contribution in [2.45, 2.75) is 13.8 Å². The highest BCUT2D eigenvalue weighted by Gasteiger charge is 2.22. The molecule has 1 amide bonds. The van der Waals surface area contributed by atoms with Crippen LogP contribution >= 0.6 is 11.6 Å². The van der Waals surface area contributed by atoms with Crippen LogP contribution < -0.4 is 9.64 Å². The van der Waals surface area contributed by atoms with Gasteiger partial charge >= 0.3 is 0 Å². The molecule has 0 saturated carbocycles. The van der Waals surface area contributed by atoms with Gasteiger partial charge in [-0.05, 0) is 55.8 Å². The Morgan fingerprint density at radius 3 is 2.35 bits per heavy atom. The van der Waals surface area contributed by atoms with Crippen molar-refractivity contribution in [1.29, 1.82) is 0 Å². The Morgan fingerprint density at radius 1 is 0.968 bits per heavy atom. The lowest BCUT2D eigenvalue weighted by molar-refractivity contribution is -0.133. The van der Waals surface area contributed by atoms with E-state index in [1.54, 1.807) is 24.3 Å². The van der Waals surface area contributed by atoms with Gasteiger partial charge in [-0.15, -0.1) is 10.2 Å². The molecule has 31 heavy (non-hydrogen) atoms. The molecule has 0 spiro atoms. The minimum Gasteiger partial charge on any atom is -0.484 e. The third-order valence-electron chi connectivity index (χ3n) is 5.44. The maximum atomic E-state index is 12.5. The second-order valence-corrected chi connectivity index (χ2v) is 8.14. The molecular formula is C24H25ClN4O2. The molecule has 1 saturated heterocycles. The van der Waals surface area contributed by atoms with E-state index in [4.69, 9.17) is 16.3 Å². The number of piperazine rings is 1. The summed E-state index contributed by atoms with van der Waals surface area (Å²) < 4.78 is 5.57. The molecule has 2 aromatic carbocycles. The molecule has 1 aliphatic heterocycles. The van der Waals surface area contributed by atoms with E-state index < -0.39 is 0 Å². The normalized spacial score (nSPS) is 13.9. The number of rotatable bonds is 5. The molecule has 4 rings (SSSR count). The van der Waals surface area contributed by atoms with Crippen molar-refractivity contribution in [3.8, 4) is 17.0 Å². The number of hydrogen-bond donors (Lipinski definition) is 0. The second-order valence-electron chi connectivity index (χ2n) is 7.71. The maximum absolute atomic E-state index is 12.5. The minimum absolute atomic E-state index is 0.0199. The van der Waals surface area contributed by atoms with Crippen LogP contribution in [0.2, 0.25) is 5.02 Å². The first-order valence-corrected chi connectivity index (χ1v) is 10.7. The van der Waals surface area contributed by atoms with Gasteiger partial charge in [-0.2, -0.15) is 0 Å². The Morgan fingerprint density at radius 2 is 1.71 bits per heavy atom. The maximum Gasteiger partial charge on any atom is 0.260 e. The number of aromatic nitrogens is 2. The number of amides is 1. The molecule has 0 radical (unpaired) electrons. The minimum atomic E-state index is -0.0223. The summed E-state index contributed by atoms with van der Waals surface area (Å²) in [6, 6.07) is 17.3. The SMILES string of the molecule is Cc1ccc(-c2ccc(N3CCN(C(=O)COc4ccc(Cl)cc4)CC3)nn2)c(C)c1. The van der Waals surface area contributed by atoms with E-state index in [1.807, 2.05) is 17.0 Å². The molecule has 0 aliphatic carbocycles. The Labute approximate surface area is 187 Å². The lowest BCUT2D eigenvalue weighted by atomic mass is 10.0. The quantitative estimate of drug-likeness (QED) is 0.601. The van der Waals surface area contributed by atoms with Gasteiger partial charge in [0.05, 0.1) is 5.69 Å². The summed E-state index contributed by atoms with van der Waals surface area (Å²) in [7, 11) is 0. The van der Waals surface area contributed by atoms with Crippen LogP contribution in [0.5, 0.6) is 5.75 Å². The Hall–Kier alpha value is -3.12. The van der Waals surface area contributed by atoms with Gasteiger partial charge < -0.3 is 14.5 Å². The second kappa shape index (κ2) is 9.35. The number of aryl methyl sites for hydroxylation is 2. The van der Waals surface area contributed by atoms with Gasteiger partial charge in [0.2, 0.25) is 0 Å². The monoisotopic (exact) mass is 436 g/mol. The molecule has 7 heteroatoms. The fourth-order valence-corrected chi connectivity index (χ4v) is 3.82. The molecule has 0 unspecified atom stereocenters. The highest BCUT2D eigenvalue weighted by molar-refractivity contribution is 6.30. The van der Waals surface area contributed by atoms with Crippen LogP contribution in [0.4, 0.5) is 5.82 Å². The van der Waals surface area contributed by atoms with Crippen molar-refractivity contribution in [2.75, 3.05) is 37.7 Å². The zero-order valence-electron chi connectivity index (χ0n) is 17.7. The molecule has 0 atom stereocenters. The molecule has 6 nitrogen and oxygen atoms in total.